The van der Waals surface area contributed by atoms with Crippen LogP contribution in [0.3, 0.4) is 0 Å². The van der Waals surface area contributed by atoms with Gasteiger partial charge in [-0.1, -0.05) is 26.0 Å². The van der Waals surface area contributed by atoms with Gasteiger partial charge in [0.1, 0.15) is 17.3 Å². The molecule has 0 atom stereocenters. The number of fused-ring (bicyclic) bond motifs is 1. The predicted molar refractivity (Wildman–Crippen MR) is 175 cm³/mol. The fourth-order valence-corrected chi connectivity index (χ4v) is 5.20. The maximum absolute atomic E-state index is 15.0. The third-order valence-electron chi connectivity index (χ3n) is 8.18. The predicted octanol–water partition coefficient (Wildman–Crippen LogP) is 6.09. The summed E-state index contributed by atoms with van der Waals surface area (Å²) in [6.07, 6.45) is -1.23. The van der Waals surface area contributed by atoms with Crippen molar-refractivity contribution in [2.24, 2.45) is 0 Å². The first-order valence-corrected chi connectivity index (χ1v) is 15.8. The van der Waals surface area contributed by atoms with Gasteiger partial charge in [-0.15, -0.1) is 0 Å². The maximum Gasteiger partial charge on any atom is 0.490 e. The van der Waals surface area contributed by atoms with Crippen LogP contribution in [0.15, 0.2) is 53.3 Å². The van der Waals surface area contributed by atoms with Crippen LogP contribution in [0.5, 0.6) is 0 Å². The van der Waals surface area contributed by atoms with E-state index >= 15 is 0 Å². The number of aliphatic carboxylic acids is 1. The molecule has 1 saturated carbocycles. The smallest absolute Gasteiger partial charge is 0.475 e. The molecule has 0 unspecified atom stereocenters. The van der Waals surface area contributed by atoms with Gasteiger partial charge in [0.25, 0.3) is 11.5 Å². The van der Waals surface area contributed by atoms with E-state index in [1.165, 1.54) is 12.1 Å². The van der Waals surface area contributed by atoms with E-state index in [9.17, 15) is 31.5 Å². The summed E-state index contributed by atoms with van der Waals surface area (Å²) in [7, 11) is 0. The number of carbonyl (C=O) groups is 2. The van der Waals surface area contributed by atoms with Crippen molar-refractivity contribution < 1.29 is 36.6 Å². The Morgan fingerprint density at radius 2 is 1.67 bits per heavy atom. The first kappa shape index (κ1) is 36.9. The summed E-state index contributed by atoms with van der Waals surface area (Å²) in [4.78, 5) is 46.8. The fourth-order valence-electron chi connectivity index (χ4n) is 5.20. The first-order chi connectivity index (χ1) is 23.2. The lowest BCUT2D eigenvalue weighted by atomic mass is 9.92. The first-order valence-electron chi connectivity index (χ1n) is 15.8. The van der Waals surface area contributed by atoms with Gasteiger partial charge in [0, 0.05) is 35.2 Å². The third kappa shape index (κ3) is 8.96. The third-order valence-corrected chi connectivity index (χ3v) is 8.18. The number of amides is 1. The van der Waals surface area contributed by atoms with E-state index in [-0.39, 0.29) is 23.5 Å². The van der Waals surface area contributed by atoms with Crippen LogP contribution >= 0.6 is 0 Å². The average Bonchev–Trinajstić information content (AvgIpc) is 3.03. The average molecular weight is 689 g/mol. The standard InChI is InChI=1S/C32H36F2N6O2.C2HF3O2/c1-4-39(5-2)18-8-17-35-32-37-28(24-19-21(14-13-20(24)3)31(42)36-22-9-6-10-22)23-15-16-27(41)40(30(23)38-32)29-25(33)11-7-12-26(29)34;3-2(4,5)1(6)7/h7,11-16,19,22H,4-6,8-10,17-18H2,1-3H3,(H,36,42)(H,35,37,38);(H,6,7). The number of aromatic nitrogens is 3. The molecule has 4 aromatic rings. The zero-order chi connectivity index (χ0) is 35.9. The van der Waals surface area contributed by atoms with Crippen LogP contribution in [-0.2, 0) is 4.79 Å². The number of para-hydroxylation sites is 1. The Morgan fingerprint density at radius 3 is 2.24 bits per heavy atom. The molecule has 5 rings (SSSR count). The molecule has 2 heterocycles. The van der Waals surface area contributed by atoms with Gasteiger partial charge >= 0.3 is 12.1 Å². The minimum absolute atomic E-state index is 0.0615. The van der Waals surface area contributed by atoms with Crippen LogP contribution < -0.4 is 16.2 Å². The van der Waals surface area contributed by atoms with Gasteiger partial charge in [-0.3, -0.25) is 14.2 Å². The summed E-state index contributed by atoms with van der Waals surface area (Å²) in [5.74, 6) is -4.47. The molecule has 49 heavy (non-hydrogen) atoms. The van der Waals surface area contributed by atoms with Gasteiger partial charge in [-0.25, -0.2) is 18.6 Å². The second-order valence-electron chi connectivity index (χ2n) is 11.5. The van der Waals surface area contributed by atoms with E-state index in [1.54, 1.807) is 18.2 Å². The molecular formula is C34H37F5N6O4. The van der Waals surface area contributed by atoms with E-state index in [0.717, 1.165) is 67.6 Å². The molecule has 1 amide bonds. The monoisotopic (exact) mass is 688 g/mol. The van der Waals surface area contributed by atoms with Crippen molar-refractivity contribution in [3.8, 4) is 16.9 Å². The van der Waals surface area contributed by atoms with Crippen molar-refractivity contribution in [1.82, 2.24) is 24.8 Å². The molecule has 0 spiro atoms. The lowest BCUT2D eigenvalue weighted by molar-refractivity contribution is -0.192. The number of anilines is 1. The number of aryl methyl sites for hydroxylation is 1. The molecule has 0 radical (unpaired) electrons. The Hall–Kier alpha value is -4.92. The van der Waals surface area contributed by atoms with Gasteiger partial charge < -0.3 is 20.6 Å². The van der Waals surface area contributed by atoms with Gasteiger partial charge in [0.05, 0.1) is 5.69 Å². The number of carboxylic acids is 1. The lowest BCUT2D eigenvalue weighted by Gasteiger charge is -2.26. The van der Waals surface area contributed by atoms with Crippen molar-refractivity contribution in [1.29, 1.82) is 0 Å². The van der Waals surface area contributed by atoms with Crippen LogP contribution in [-0.4, -0.2) is 74.8 Å². The van der Waals surface area contributed by atoms with E-state index in [0.29, 0.717) is 28.8 Å². The summed E-state index contributed by atoms with van der Waals surface area (Å²) >= 11 is 0. The summed E-state index contributed by atoms with van der Waals surface area (Å²) < 4.78 is 62.7. The number of benzene rings is 2. The molecule has 2 aromatic carbocycles. The van der Waals surface area contributed by atoms with Crippen molar-refractivity contribution in [2.45, 2.75) is 58.7 Å². The topological polar surface area (TPSA) is 129 Å². The molecule has 10 nitrogen and oxygen atoms in total. The largest absolute Gasteiger partial charge is 0.490 e. The number of nitrogens with one attached hydrogen (secondary N) is 2. The highest BCUT2D eigenvalue weighted by molar-refractivity contribution is 5.98. The molecule has 1 aliphatic rings. The summed E-state index contributed by atoms with van der Waals surface area (Å²) in [5.41, 5.74) is 1.37. The second kappa shape index (κ2) is 16.0. The molecule has 0 saturated heterocycles. The zero-order valence-corrected chi connectivity index (χ0v) is 27.2. The number of pyridine rings is 1. The molecule has 2 aromatic heterocycles. The summed E-state index contributed by atoms with van der Waals surface area (Å²) in [5, 5.41) is 13.9. The fraction of sp³-hybridized carbons (Fsp3) is 0.382. The Kier molecular flexibility index (Phi) is 12.0. The van der Waals surface area contributed by atoms with Gasteiger partial charge in [0.2, 0.25) is 5.95 Å². The normalized spacial score (nSPS) is 13.1. The quantitative estimate of drug-likeness (QED) is 0.128. The van der Waals surface area contributed by atoms with Crippen molar-refractivity contribution >= 4 is 28.9 Å². The Morgan fingerprint density at radius 1 is 1.02 bits per heavy atom. The zero-order valence-electron chi connectivity index (χ0n) is 27.2. The Bertz CT molecular complexity index is 1850. The van der Waals surface area contributed by atoms with Gasteiger partial charge in [-0.05, 0) is 88.1 Å². The number of hydrogen-bond acceptors (Lipinski definition) is 7. The second-order valence-corrected chi connectivity index (χ2v) is 11.5. The van der Waals surface area contributed by atoms with Crippen LogP contribution in [0, 0.1) is 18.6 Å². The van der Waals surface area contributed by atoms with Crippen molar-refractivity contribution in [3.63, 3.8) is 0 Å². The number of nitrogens with zero attached hydrogens (tertiary/aromatic N) is 4. The van der Waals surface area contributed by atoms with E-state index in [2.05, 4.69) is 34.4 Å². The van der Waals surface area contributed by atoms with E-state index < -0.39 is 35.0 Å². The molecule has 1 aliphatic carbocycles. The van der Waals surface area contributed by atoms with E-state index in [4.69, 9.17) is 14.9 Å². The minimum Gasteiger partial charge on any atom is -0.475 e. The molecule has 15 heteroatoms. The van der Waals surface area contributed by atoms with Crippen LogP contribution in [0.25, 0.3) is 28.0 Å². The number of halogens is 5. The number of alkyl halides is 3. The number of rotatable bonds is 11. The number of carbonyl (C=O) groups excluding carboxylic acids is 1. The summed E-state index contributed by atoms with van der Waals surface area (Å²) in [6, 6.07) is 11.8. The molecule has 1 fully saturated rings. The highest BCUT2D eigenvalue weighted by atomic mass is 19.4. The highest BCUT2D eigenvalue weighted by Gasteiger charge is 2.38. The van der Waals surface area contributed by atoms with Gasteiger partial charge in [-0.2, -0.15) is 18.2 Å². The number of hydrogen-bond donors (Lipinski definition) is 3. The molecule has 262 valence electrons. The molecule has 0 bridgehead atoms. The van der Waals surface area contributed by atoms with E-state index in [1.807, 2.05) is 13.0 Å². The molecule has 0 aliphatic heterocycles. The maximum atomic E-state index is 15.0. The highest BCUT2D eigenvalue weighted by Crippen LogP contribution is 2.32. The lowest BCUT2D eigenvalue weighted by Crippen LogP contribution is -2.39. The summed E-state index contributed by atoms with van der Waals surface area (Å²) in [6.45, 7) is 9.44. The molecule has 3 N–H and O–H groups in total. The van der Waals surface area contributed by atoms with Crippen LogP contribution in [0.1, 0.15) is 55.5 Å². The Labute approximate surface area is 279 Å². The SMILES string of the molecule is CCN(CC)CCCNc1nc(-c2cc(C(=O)NC3CCC3)ccc2C)c2ccc(=O)n(-c3c(F)cccc3F)c2n1.O=C(O)C(F)(F)F. The Balaban J connectivity index is 0.000000698. The number of carboxylic acid groups (broad SMARTS) is 1. The van der Waals surface area contributed by atoms with Crippen molar-refractivity contribution in [3.05, 3.63) is 81.6 Å². The van der Waals surface area contributed by atoms with Crippen LogP contribution in [0.4, 0.5) is 27.9 Å². The van der Waals surface area contributed by atoms with Crippen LogP contribution in [0.2, 0.25) is 0 Å². The minimum atomic E-state index is -5.08. The van der Waals surface area contributed by atoms with Crippen molar-refractivity contribution in [2.75, 3.05) is 31.5 Å². The molecular weight excluding hydrogens is 651 g/mol. The van der Waals surface area contributed by atoms with Gasteiger partial charge in [0.15, 0.2) is 5.65 Å².